The lowest BCUT2D eigenvalue weighted by atomic mass is 10.1. The monoisotopic (exact) mass is 310 g/mol. The second-order valence-electron chi connectivity index (χ2n) is 4.92. The van der Waals surface area contributed by atoms with Gasteiger partial charge in [0.05, 0.1) is 11.3 Å². The summed E-state index contributed by atoms with van der Waals surface area (Å²) in [5.74, 6) is -0.0997. The van der Waals surface area contributed by atoms with Crippen molar-refractivity contribution in [2.24, 2.45) is 0 Å². The number of phenols is 1. The summed E-state index contributed by atoms with van der Waals surface area (Å²) >= 11 is 0. The van der Waals surface area contributed by atoms with Crippen LogP contribution in [0.1, 0.15) is 21.7 Å². The molecule has 7 nitrogen and oxygen atoms in total. The van der Waals surface area contributed by atoms with Gasteiger partial charge in [0.25, 0.3) is 0 Å². The van der Waals surface area contributed by atoms with Crippen LogP contribution in [-0.2, 0) is 11.3 Å². The number of para-hydroxylation sites is 1. The summed E-state index contributed by atoms with van der Waals surface area (Å²) in [7, 11) is 0. The molecule has 0 aliphatic rings. The normalized spacial score (nSPS) is 10.5. The van der Waals surface area contributed by atoms with Crippen molar-refractivity contribution in [1.29, 1.82) is 0 Å². The highest BCUT2D eigenvalue weighted by Gasteiger charge is 2.13. The predicted molar refractivity (Wildman–Crippen MR) is 81.1 cm³/mol. The molecule has 7 heteroatoms. The summed E-state index contributed by atoms with van der Waals surface area (Å²) < 4.78 is 6.72. The molecule has 23 heavy (non-hydrogen) atoms. The van der Waals surface area contributed by atoms with E-state index in [1.54, 1.807) is 19.1 Å². The number of esters is 1. The van der Waals surface area contributed by atoms with Crippen molar-refractivity contribution in [1.82, 2.24) is 20.2 Å². The van der Waals surface area contributed by atoms with Crippen LogP contribution >= 0.6 is 0 Å². The zero-order valence-electron chi connectivity index (χ0n) is 12.4. The topological polar surface area (TPSA) is 90.1 Å². The van der Waals surface area contributed by atoms with Gasteiger partial charge in [0.15, 0.2) is 12.4 Å². The number of benzene rings is 2. The molecule has 0 atom stereocenters. The minimum absolute atomic E-state index is 0.0496. The molecule has 0 unspecified atom stereocenters. The molecule has 116 valence electrons. The standard InChI is InChI=1S/C16H14N4O3/c1-11-7-8-12(9-14(11)21)16(22)23-10-15-17-18-19-20(15)13-5-3-2-4-6-13/h2-9,21H,10H2,1H3. The van der Waals surface area contributed by atoms with Crippen LogP contribution in [0.3, 0.4) is 0 Å². The highest BCUT2D eigenvalue weighted by Crippen LogP contribution is 2.18. The SMILES string of the molecule is Cc1ccc(C(=O)OCc2nnnn2-c2ccccc2)cc1O. The first-order valence-electron chi connectivity index (χ1n) is 6.94. The third-order valence-corrected chi connectivity index (χ3v) is 3.31. The number of aromatic hydroxyl groups is 1. The quantitative estimate of drug-likeness (QED) is 0.742. The number of hydrogen-bond donors (Lipinski definition) is 1. The molecule has 0 saturated heterocycles. The summed E-state index contributed by atoms with van der Waals surface area (Å²) in [6.07, 6.45) is 0. The lowest BCUT2D eigenvalue weighted by Gasteiger charge is -2.07. The van der Waals surface area contributed by atoms with Crippen LogP contribution in [0.5, 0.6) is 5.75 Å². The lowest BCUT2D eigenvalue weighted by Crippen LogP contribution is -2.10. The van der Waals surface area contributed by atoms with Crippen LogP contribution in [0.2, 0.25) is 0 Å². The van der Waals surface area contributed by atoms with Gasteiger partial charge in [-0.25, -0.2) is 4.79 Å². The Kier molecular flexibility index (Phi) is 4.01. The van der Waals surface area contributed by atoms with Crippen molar-refractivity contribution in [2.45, 2.75) is 13.5 Å². The molecule has 1 N–H and O–H groups in total. The van der Waals surface area contributed by atoms with Gasteiger partial charge in [0.2, 0.25) is 0 Å². The van der Waals surface area contributed by atoms with E-state index in [2.05, 4.69) is 15.5 Å². The zero-order valence-corrected chi connectivity index (χ0v) is 12.4. The van der Waals surface area contributed by atoms with Gasteiger partial charge in [-0.2, -0.15) is 4.68 Å². The Labute approximate surface area is 132 Å². The van der Waals surface area contributed by atoms with Gasteiger partial charge in [0, 0.05) is 0 Å². The Morgan fingerprint density at radius 3 is 2.74 bits per heavy atom. The fraction of sp³-hybridized carbons (Fsp3) is 0.125. The van der Waals surface area contributed by atoms with Crippen LogP contribution in [0.15, 0.2) is 48.5 Å². The maximum Gasteiger partial charge on any atom is 0.338 e. The molecule has 3 aromatic rings. The number of carbonyl (C=O) groups is 1. The van der Waals surface area contributed by atoms with E-state index in [9.17, 15) is 9.90 Å². The van der Waals surface area contributed by atoms with Crippen LogP contribution in [0.25, 0.3) is 5.69 Å². The van der Waals surface area contributed by atoms with Crippen LogP contribution in [-0.4, -0.2) is 31.3 Å². The van der Waals surface area contributed by atoms with Crippen LogP contribution in [0.4, 0.5) is 0 Å². The summed E-state index contributed by atoms with van der Waals surface area (Å²) in [6.45, 7) is 1.67. The lowest BCUT2D eigenvalue weighted by molar-refractivity contribution is 0.0459. The Hall–Kier alpha value is -3.22. The summed E-state index contributed by atoms with van der Waals surface area (Å²) in [6, 6.07) is 13.9. The molecular weight excluding hydrogens is 296 g/mol. The second kappa shape index (κ2) is 6.27. The molecule has 1 heterocycles. The Morgan fingerprint density at radius 1 is 1.22 bits per heavy atom. The first kappa shape index (κ1) is 14.7. The molecule has 0 aliphatic heterocycles. The molecule has 0 radical (unpaired) electrons. The Bertz CT molecular complexity index is 830. The fourth-order valence-electron chi connectivity index (χ4n) is 2.02. The number of ether oxygens (including phenoxy) is 1. The third kappa shape index (κ3) is 3.18. The largest absolute Gasteiger partial charge is 0.508 e. The maximum absolute atomic E-state index is 12.0. The minimum Gasteiger partial charge on any atom is -0.508 e. The molecule has 3 rings (SSSR count). The van der Waals surface area contributed by atoms with Gasteiger partial charge >= 0.3 is 5.97 Å². The summed E-state index contributed by atoms with van der Waals surface area (Å²) in [4.78, 5) is 12.0. The molecular formula is C16H14N4O3. The number of aryl methyl sites for hydroxylation is 1. The van der Waals surface area contributed by atoms with E-state index in [0.717, 1.165) is 5.69 Å². The van der Waals surface area contributed by atoms with E-state index in [0.29, 0.717) is 11.4 Å². The maximum atomic E-state index is 12.0. The first-order chi connectivity index (χ1) is 11.1. The third-order valence-electron chi connectivity index (χ3n) is 3.31. The van der Waals surface area contributed by atoms with Crippen molar-refractivity contribution in [3.05, 3.63) is 65.5 Å². The number of aromatic nitrogens is 4. The van der Waals surface area contributed by atoms with Crippen molar-refractivity contribution < 1.29 is 14.6 Å². The average Bonchev–Trinajstić information content (AvgIpc) is 3.04. The fourth-order valence-corrected chi connectivity index (χ4v) is 2.02. The highest BCUT2D eigenvalue weighted by molar-refractivity contribution is 5.89. The number of hydrogen-bond acceptors (Lipinski definition) is 6. The van der Waals surface area contributed by atoms with Gasteiger partial charge in [-0.05, 0) is 47.2 Å². The van der Waals surface area contributed by atoms with E-state index >= 15 is 0 Å². The number of carbonyl (C=O) groups excluding carboxylic acids is 1. The number of nitrogens with zero attached hydrogens (tertiary/aromatic N) is 4. The van der Waals surface area contributed by atoms with Crippen molar-refractivity contribution in [3.8, 4) is 11.4 Å². The smallest absolute Gasteiger partial charge is 0.338 e. The zero-order chi connectivity index (χ0) is 16.2. The Balaban J connectivity index is 1.73. The van der Waals surface area contributed by atoms with Gasteiger partial charge in [-0.15, -0.1) is 5.10 Å². The molecule has 0 amide bonds. The molecule has 0 bridgehead atoms. The van der Waals surface area contributed by atoms with E-state index in [1.807, 2.05) is 30.3 Å². The highest BCUT2D eigenvalue weighted by atomic mass is 16.5. The molecule has 1 aromatic heterocycles. The van der Waals surface area contributed by atoms with Crippen LogP contribution in [0, 0.1) is 6.92 Å². The molecule has 0 spiro atoms. The van der Waals surface area contributed by atoms with Crippen molar-refractivity contribution in [2.75, 3.05) is 0 Å². The minimum atomic E-state index is -0.553. The average molecular weight is 310 g/mol. The summed E-state index contributed by atoms with van der Waals surface area (Å²) in [5.41, 5.74) is 1.73. The van der Waals surface area contributed by atoms with Crippen molar-refractivity contribution in [3.63, 3.8) is 0 Å². The van der Waals surface area contributed by atoms with E-state index in [4.69, 9.17) is 4.74 Å². The van der Waals surface area contributed by atoms with Gasteiger partial charge in [0.1, 0.15) is 5.75 Å². The van der Waals surface area contributed by atoms with E-state index in [-0.39, 0.29) is 17.9 Å². The molecule has 0 aliphatic carbocycles. The van der Waals surface area contributed by atoms with Crippen LogP contribution < -0.4 is 0 Å². The predicted octanol–water partition coefficient (Wildman–Crippen LogP) is 2.03. The molecule has 0 fully saturated rings. The Morgan fingerprint density at radius 2 is 2.00 bits per heavy atom. The second-order valence-corrected chi connectivity index (χ2v) is 4.92. The number of rotatable bonds is 4. The molecule has 0 saturated carbocycles. The first-order valence-corrected chi connectivity index (χ1v) is 6.94. The summed E-state index contributed by atoms with van der Waals surface area (Å²) in [5, 5.41) is 21.0. The van der Waals surface area contributed by atoms with Gasteiger partial charge in [-0.1, -0.05) is 24.3 Å². The number of phenolic OH excluding ortho intramolecular Hbond substituents is 1. The van der Waals surface area contributed by atoms with E-state index in [1.165, 1.54) is 10.7 Å². The van der Waals surface area contributed by atoms with Crippen molar-refractivity contribution >= 4 is 5.97 Å². The van der Waals surface area contributed by atoms with Gasteiger partial charge < -0.3 is 9.84 Å². The van der Waals surface area contributed by atoms with E-state index < -0.39 is 5.97 Å². The molecule has 2 aromatic carbocycles. The number of tetrazole rings is 1. The van der Waals surface area contributed by atoms with Gasteiger partial charge in [-0.3, -0.25) is 0 Å².